The highest BCUT2D eigenvalue weighted by Gasteiger charge is 2.24. The van der Waals surface area contributed by atoms with E-state index in [-0.39, 0.29) is 12.5 Å². The number of hydrogen-bond donors (Lipinski definition) is 2. The Morgan fingerprint density at radius 1 is 1.15 bits per heavy atom. The van der Waals surface area contributed by atoms with Gasteiger partial charge in [-0.1, -0.05) is 18.2 Å². The number of amides is 2. The number of thiazole rings is 1. The van der Waals surface area contributed by atoms with Gasteiger partial charge < -0.3 is 20.3 Å². The number of ether oxygens (including phenoxy) is 1. The number of hydrogen-bond acceptors (Lipinski definition) is 7. The van der Waals surface area contributed by atoms with Gasteiger partial charge in [-0.25, -0.2) is 14.8 Å². The van der Waals surface area contributed by atoms with Gasteiger partial charge in [-0.05, 0) is 44.0 Å². The molecule has 0 bridgehead atoms. The Kier molecular flexibility index (Phi) is 7.74. The summed E-state index contributed by atoms with van der Waals surface area (Å²) >= 11 is 1.64. The van der Waals surface area contributed by atoms with E-state index in [0.717, 1.165) is 59.4 Å². The van der Waals surface area contributed by atoms with E-state index in [1.807, 2.05) is 54.8 Å². The zero-order valence-electron chi connectivity index (χ0n) is 19.4. The van der Waals surface area contributed by atoms with Crippen LogP contribution in [-0.2, 0) is 16.1 Å². The molecular weight excluding hydrogens is 450 g/mol. The van der Waals surface area contributed by atoms with Gasteiger partial charge in [0.25, 0.3) is 0 Å². The number of pyridine rings is 1. The van der Waals surface area contributed by atoms with Crippen LogP contribution in [0.3, 0.4) is 0 Å². The Balaban J connectivity index is 1.36. The van der Waals surface area contributed by atoms with Crippen molar-refractivity contribution in [3.05, 3.63) is 58.5 Å². The van der Waals surface area contributed by atoms with Crippen molar-refractivity contribution < 1.29 is 14.3 Å². The fourth-order valence-electron chi connectivity index (χ4n) is 3.99. The van der Waals surface area contributed by atoms with Crippen LogP contribution in [0.25, 0.3) is 11.3 Å². The highest BCUT2D eigenvalue weighted by atomic mass is 32.1. The van der Waals surface area contributed by atoms with Crippen LogP contribution in [0.2, 0.25) is 0 Å². The van der Waals surface area contributed by atoms with Gasteiger partial charge in [0, 0.05) is 49.1 Å². The zero-order valence-corrected chi connectivity index (χ0v) is 20.2. The Bertz CT molecular complexity index is 1140. The Labute approximate surface area is 203 Å². The van der Waals surface area contributed by atoms with Crippen molar-refractivity contribution in [2.75, 3.05) is 29.9 Å². The third-order valence-corrected chi connectivity index (χ3v) is 6.68. The van der Waals surface area contributed by atoms with Crippen molar-refractivity contribution in [3.8, 4) is 11.3 Å². The Hall–Kier alpha value is -3.46. The normalized spacial score (nSPS) is 14.0. The number of rotatable bonds is 7. The molecule has 8 nitrogen and oxygen atoms in total. The van der Waals surface area contributed by atoms with Crippen molar-refractivity contribution in [1.29, 1.82) is 0 Å². The van der Waals surface area contributed by atoms with Gasteiger partial charge in [0.15, 0.2) is 0 Å². The summed E-state index contributed by atoms with van der Waals surface area (Å²) in [5, 5.41) is 8.52. The van der Waals surface area contributed by atoms with E-state index in [4.69, 9.17) is 14.7 Å². The first-order chi connectivity index (χ1) is 16.5. The number of carbonyl (C=O) groups excluding carboxylic acids is 2. The van der Waals surface area contributed by atoms with Crippen LogP contribution in [0.5, 0.6) is 0 Å². The molecule has 1 fully saturated rings. The lowest BCUT2D eigenvalue weighted by atomic mass is 9.97. The van der Waals surface area contributed by atoms with E-state index in [2.05, 4.69) is 15.5 Å². The minimum atomic E-state index is -0.415. The van der Waals surface area contributed by atoms with Gasteiger partial charge in [-0.3, -0.25) is 4.79 Å². The van der Waals surface area contributed by atoms with Gasteiger partial charge in [0.2, 0.25) is 5.91 Å². The van der Waals surface area contributed by atoms with Crippen molar-refractivity contribution in [2.45, 2.75) is 39.2 Å². The Morgan fingerprint density at radius 3 is 2.71 bits per heavy atom. The number of nitrogens with zero attached hydrogens (tertiary/aromatic N) is 3. The molecule has 3 heterocycles. The second-order valence-electron chi connectivity index (χ2n) is 8.19. The second-order valence-corrected chi connectivity index (χ2v) is 9.08. The number of alkyl carbamates (subject to hydrolysis) is 1. The summed E-state index contributed by atoms with van der Waals surface area (Å²) in [5.74, 6) is 1.26. The molecule has 178 valence electrons. The van der Waals surface area contributed by atoms with Crippen LogP contribution in [0, 0.1) is 0 Å². The summed E-state index contributed by atoms with van der Waals surface area (Å²) in [6.45, 7) is 5.89. The third-order valence-electron chi connectivity index (χ3n) is 5.62. The molecule has 1 aliphatic heterocycles. The first-order valence-corrected chi connectivity index (χ1v) is 12.3. The highest BCUT2D eigenvalue weighted by Crippen LogP contribution is 2.32. The fraction of sp³-hybridized carbons (Fsp3) is 0.360. The largest absolute Gasteiger partial charge is 0.443 e. The summed E-state index contributed by atoms with van der Waals surface area (Å²) < 4.78 is 5.17. The van der Waals surface area contributed by atoms with E-state index in [1.54, 1.807) is 11.3 Å². The predicted octanol–water partition coefficient (Wildman–Crippen LogP) is 4.79. The van der Waals surface area contributed by atoms with Gasteiger partial charge in [-0.15, -0.1) is 11.3 Å². The van der Waals surface area contributed by atoms with Gasteiger partial charge in [0.05, 0.1) is 16.4 Å². The maximum atomic E-state index is 11.5. The van der Waals surface area contributed by atoms with Crippen LogP contribution in [0.15, 0.2) is 47.8 Å². The van der Waals surface area contributed by atoms with E-state index >= 15 is 0 Å². The first-order valence-electron chi connectivity index (χ1n) is 11.5. The molecule has 0 radical (unpaired) electrons. The Morgan fingerprint density at radius 2 is 1.94 bits per heavy atom. The number of piperidine rings is 1. The van der Waals surface area contributed by atoms with E-state index in [1.165, 1.54) is 6.92 Å². The van der Waals surface area contributed by atoms with Crippen molar-refractivity contribution in [3.63, 3.8) is 0 Å². The summed E-state index contributed by atoms with van der Waals surface area (Å²) in [4.78, 5) is 34.8. The molecule has 2 aromatic heterocycles. The number of benzene rings is 1. The van der Waals surface area contributed by atoms with Crippen molar-refractivity contribution in [2.24, 2.45) is 0 Å². The SMILES string of the molecule is CCNC(=O)OCc1csc(C2CCN(c3cccc(-c4cccc(NC(C)=O)c4)n3)CC2)n1. The average Bonchev–Trinajstić information content (AvgIpc) is 3.32. The topological polar surface area (TPSA) is 96.5 Å². The first kappa shape index (κ1) is 23.7. The summed E-state index contributed by atoms with van der Waals surface area (Å²) in [6, 6.07) is 13.8. The minimum Gasteiger partial charge on any atom is -0.443 e. The fourth-order valence-corrected chi connectivity index (χ4v) is 4.96. The van der Waals surface area contributed by atoms with Crippen molar-refractivity contribution >= 4 is 34.8 Å². The lowest BCUT2D eigenvalue weighted by Crippen LogP contribution is -2.33. The van der Waals surface area contributed by atoms with Crippen LogP contribution < -0.4 is 15.5 Å². The molecule has 1 aliphatic rings. The summed E-state index contributed by atoms with van der Waals surface area (Å²) in [6.07, 6.45) is 1.57. The molecule has 1 aromatic carbocycles. The lowest BCUT2D eigenvalue weighted by molar-refractivity contribution is -0.114. The van der Waals surface area contributed by atoms with E-state index in [0.29, 0.717) is 12.5 Å². The molecule has 4 rings (SSSR count). The van der Waals surface area contributed by atoms with Gasteiger partial charge in [-0.2, -0.15) is 0 Å². The molecule has 0 atom stereocenters. The number of anilines is 2. The smallest absolute Gasteiger partial charge is 0.407 e. The van der Waals surface area contributed by atoms with Crippen molar-refractivity contribution in [1.82, 2.24) is 15.3 Å². The quantitative estimate of drug-likeness (QED) is 0.506. The third kappa shape index (κ3) is 6.11. The van der Waals surface area contributed by atoms with Crippen LogP contribution >= 0.6 is 11.3 Å². The number of nitrogens with one attached hydrogen (secondary N) is 2. The maximum Gasteiger partial charge on any atom is 0.407 e. The van der Waals surface area contributed by atoms with Gasteiger partial charge >= 0.3 is 6.09 Å². The standard InChI is InChI=1S/C25H29N5O3S/c1-3-26-25(32)33-15-21-16-34-24(28-21)18-10-12-30(13-11-18)23-9-5-8-22(29-23)19-6-4-7-20(14-19)27-17(2)31/h4-9,14,16,18H,3,10-13,15H2,1-2H3,(H,26,32)(H,27,31). The molecule has 1 saturated heterocycles. The molecule has 3 aromatic rings. The second kappa shape index (κ2) is 11.1. The van der Waals surface area contributed by atoms with Crippen LogP contribution in [-0.4, -0.2) is 41.6 Å². The number of carbonyl (C=O) groups is 2. The summed E-state index contributed by atoms with van der Waals surface area (Å²) in [7, 11) is 0. The van der Waals surface area contributed by atoms with E-state index < -0.39 is 6.09 Å². The van der Waals surface area contributed by atoms with Gasteiger partial charge in [0.1, 0.15) is 12.4 Å². The van der Waals surface area contributed by atoms with E-state index in [9.17, 15) is 9.59 Å². The van der Waals surface area contributed by atoms with Crippen LogP contribution in [0.1, 0.15) is 43.3 Å². The minimum absolute atomic E-state index is 0.0939. The molecule has 0 spiro atoms. The molecule has 0 unspecified atom stereocenters. The predicted molar refractivity (Wildman–Crippen MR) is 134 cm³/mol. The molecule has 34 heavy (non-hydrogen) atoms. The van der Waals surface area contributed by atoms with Crippen LogP contribution in [0.4, 0.5) is 16.3 Å². The number of aromatic nitrogens is 2. The molecular formula is C25H29N5O3S. The lowest BCUT2D eigenvalue weighted by Gasteiger charge is -2.32. The molecule has 9 heteroatoms. The highest BCUT2D eigenvalue weighted by molar-refractivity contribution is 7.09. The molecule has 2 amide bonds. The molecule has 0 aliphatic carbocycles. The summed E-state index contributed by atoms with van der Waals surface area (Å²) in [5.41, 5.74) is 3.40. The molecule has 0 saturated carbocycles. The average molecular weight is 480 g/mol. The maximum absolute atomic E-state index is 11.5. The monoisotopic (exact) mass is 479 g/mol. The zero-order chi connectivity index (χ0) is 23.9. The molecule has 2 N–H and O–H groups in total.